The summed E-state index contributed by atoms with van der Waals surface area (Å²) < 4.78 is 4.21. The number of rotatable bonds is 2. The van der Waals surface area contributed by atoms with Crippen molar-refractivity contribution in [1.29, 1.82) is 0 Å². The zero-order valence-electron chi connectivity index (χ0n) is 6.97. The third-order valence-corrected chi connectivity index (χ3v) is 2.40. The second kappa shape index (κ2) is 3.53. The third-order valence-electron chi connectivity index (χ3n) is 1.80. The number of nitrogens with zero attached hydrogens (tertiary/aromatic N) is 2. The van der Waals surface area contributed by atoms with E-state index in [0.29, 0.717) is 0 Å². The number of hydrogen-bond donors (Lipinski definition) is 1. The Kier molecular flexibility index (Phi) is 2.23. The standard InChI is InChI=1S/C9H9N3S/c10-9-1-3-11-6-7(9)5-8-2-4-13-12-8/h1-4,6H,5H2,(H2,10,11). The molecule has 0 fully saturated rings. The summed E-state index contributed by atoms with van der Waals surface area (Å²) in [5.41, 5.74) is 8.63. The molecular formula is C9H9N3S. The Bertz CT molecular complexity index is 384. The minimum atomic E-state index is 0.767. The molecular weight excluding hydrogens is 182 g/mol. The van der Waals surface area contributed by atoms with Crippen LogP contribution in [0, 0.1) is 0 Å². The van der Waals surface area contributed by atoms with Gasteiger partial charge in [-0.2, -0.15) is 4.37 Å². The lowest BCUT2D eigenvalue weighted by atomic mass is 10.1. The summed E-state index contributed by atoms with van der Waals surface area (Å²) in [5.74, 6) is 0. The molecule has 0 aliphatic carbocycles. The fraction of sp³-hybridized carbons (Fsp3) is 0.111. The van der Waals surface area contributed by atoms with Gasteiger partial charge in [0.25, 0.3) is 0 Å². The summed E-state index contributed by atoms with van der Waals surface area (Å²) in [4.78, 5) is 4.02. The molecule has 0 bridgehead atoms. The molecule has 66 valence electrons. The number of aromatic nitrogens is 2. The van der Waals surface area contributed by atoms with Gasteiger partial charge in [0, 0.05) is 29.9 Å². The van der Waals surface area contributed by atoms with Crippen LogP contribution in [0.1, 0.15) is 11.3 Å². The molecule has 0 radical (unpaired) electrons. The summed E-state index contributed by atoms with van der Waals surface area (Å²) in [6, 6.07) is 3.80. The first-order chi connectivity index (χ1) is 6.36. The fourth-order valence-electron chi connectivity index (χ4n) is 1.11. The molecule has 2 aromatic rings. The Morgan fingerprint density at radius 3 is 3.00 bits per heavy atom. The lowest BCUT2D eigenvalue weighted by Crippen LogP contribution is -1.96. The van der Waals surface area contributed by atoms with Crippen LogP contribution in [0.5, 0.6) is 0 Å². The molecule has 0 spiro atoms. The normalized spacial score (nSPS) is 10.2. The Morgan fingerprint density at radius 2 is 2.31 bits per heavy atom. The Labute approximate surface area is 80.4 Å². The first-order valence-electron chi connectivity index (χ1n) is 3.94. The highest BCUT2D eigenvalue weighted by molar-refractivity contribution is 7.03. The molecule has 0 atom stereocenters. The van der Waals surface area contributed by atoms with E-state index in [0.717, 1.165) is 23.4 Å². The van der Waals surface area contributed by atoms with Crippen LogP contribution in [0.15, 0.2) is 29.9 Å². The van der Waals surface area contributed by atoms with E-state index >= 15 is 0 Å². The summed E-state index contributed by atoms with van der Waals surface area (Å²) in [6.07, 6.45) is 4.25. The second-order valence-electron chi connectivity index (χ2n) is 2.74. The molecule has 13 heavy (non-hydrogen) atoms. The van der Waals surface area contributed by atoms with Crippen molar-refractivity contribution in [3.63, 3.8) is 0 Å². The summed E-state index contributed by atoms with van der Waals surface area (Å²) >= 11 is 1.45. The molecule has 2 N–H and O–H groups in total. The predicted molar refractivity (Wildman–Crippen MR) is 53.6 cm³/mol. The minimum absolute atomic E-state index is 0.767. The molecule has 2 rings (SSSR count). The van der Waals surface area contributed by atoms with Gasteiger partial charge in [0.05, 0.1) is 5.69 Å². The number of anilines is 1. The lowest BCUT2D eigenvalue weighted by molar-refractivity contribution is 1.11. The van der Waals surface area contributed by atoms with Gasteiger partial charge in [-0.05, 0) is 29.2 Å². The van der Waals surface area contributed by atoms with Crippen molar-refractivity contribution in [2.24, 2.45) is 0 Å². The van der Waals surface area contributed by atoms with E-state index < -0.39 is 0 Å². The number of nitrogen functional groups attached to an aromatic ring is 1. The van der Waals surface area contributed by atoms with Crippen molar-refractivity contribution in [3.05, 3.63) is 41.2 Å². The Balaban J connectivity index is 2.24. The summed E-state index contributed by atoms with van der Waals surface area (Å²) in [7, 11) is 0. The third kappa shape index (κ3) is 1.84. The maximum absolute atomic E-state index is 5.77. The van der Waals surface area contributed by atoms with E-state index in [1.54, 1.807) is 12.4 Å². The smallest absolute Gasteiger partial charge is 0.0587 e. The number of nitrogens with two attached hydrogens (primary N) is 1. The molecule has 4 heteroatoms. The van der Waals surface area contributed by atoms with E-state index in [9.17, 15) is 0 Å². The van der Waals surface area contributed by atoms with Gasteiger partial charge < -0.3 is 5.73 Å². The maximum Gasteiger partial charge on any atom is 0.0587 e. The van der Waals surface area contributed by atoms with Gasteiger partial charge in [0.2, 0.25) is 0 Å². The van der Waals surface area contributed by atoms with Gasteiger partial charge in [0.15, 0.2) is 0 Å². The SMILES string of the molecule is Nc1ccncc1Cc1ccsn1. The zero-order valence-corrected chi connectivity index (χ0v) is 7.79. The van der Waals surface area contributed by atoms with Gasteiger partial charge in [-0.15, -0.1) is 0 Å². The molecule has 3 nitrogen and oxygen atoms in total. The molecule has 0 unspecified atom stereocenters. The van der Waals surface area contributed by atoms with Gasteiger partial charge >= 0.3 is 0 Å². The zero-order chi connectivity index (χ0) is 9.10. The van der Waals surface area contributed by atoms with Crippen LogP contribution < -0.4 is 5.73 Å². The fourth-order valence-corrected chi connectivity index (χ4v) is 1.65. The van der Waals surface area contributed by atoms with E-state index in [4.69, 9.17) is 5.73 Å². The number of pyridine rings is 1. The van der Waals surface area contributed by atoms with Crippen LogP contribution in [0.4, 0.5) is 5.69 Å². The molecule has 2 aromatic heterocycles. The van der Waals surface area contributed by atoms with Gasteiger partial charge in [-0.25, -0.2) is 0 Å². The van der Waals surface area contributed by atoms with E-state index in [1.165, 1.54) is 11.5 Å². The largest absolute Gasteiger partial charge is 0.398 e. The average molecular weight is 191 g/mol. The van der Waals surface area contributed by atoms with Crippen LogP contribution >= 0.6 is 11.5 Å². The van der Waals surface area contributed by atoms with Gasteiger partial charge in [0.1, 0.15) is 0 Å². The number of hydrogen-bond acceptors (Lipinski definition) is 4. The first-order valence-corrected chi connectivity index (χ1v) is 4.77. The highest BCUT2D eigenvalue weighted by Crippen LogP contribution is 2.13. The summed E-state index contributed by atoms with van der Waals surface area (Å²) in [6.45, 7) is 0. The van der Waals surface area contributed by atoms with E-state index in [-0.39, 0.29) is 0 Å². The monoisotopic (exact) mass is 191 g/mol. The van der Waals surface area contributed by atoms with Gasteiger partial charge in [-0.3, -0.25) is 4.98 Å². The van der Waals surface area contributed by atoms with Crippen LogP contribution in [0.25, 0.3) is 0 Å². The predicted octanol–water partition coefficient (Wildman–Crippen LogP) is 1.71. The second-order valence-corrected chi connectivity index (χ2v) is 3.41. The molecule has 0 aromatic carbocycles. The van der Waals surface area contributed by atoms with Crippen LogP contribution in [-0.2, 0) is 6.42 Å². The average Bonchev–Trinajstić information content (AvgIpc) is 2.61. The molecule has 0 aliphatic heterocycles. The van der Waals surface area contributed by atoms with Crippen molar-refractivity contribution >= 4 is 17.2 Å². The van der Waals surface area contributed by atoms with Crippen LogP contribution in [0.2, 0.25) is 0 Å². The van der Waals surface area contributed by atoms with Crippen molar-refractivity contribution < 1.29 is 0 Å². The molecule has 0 saturated carbocycles. The van der Waals surface area contributed by atoms with Gasteiger partial charge in [-0.1, -0.05) is 0 Å². The Hall–Kier alpha value is -1.42. The van der Waals surface area contributed by atoms with Crippen molar-refractivity contribution in [3.8, 4) is 0 Å². The van der Waals surface area contributed by atoms with Crippen LogP contribution in [-0.4, -0.2) is 9.36 Å². The molecule has 0 aliphatic rings. The molecule has 2 heterocycles. The summed E-state index contributed by atoms with van der Waals surface area (Å²) in [5, 5.41) is 1.96. The van der Waals surface area contributed by atoms with E-state index in [2.05, 4.69) is 9.36 Å². The quantitative estimate of drug-likeness (QED) is 0.786. The maximum atomic E-state index is 5.77. The molecule has 0 saturated heterocycles. The highest BCUT2D eigenvalue weighted by atomic mass is 32.1. The van der Waals surface area contributed by atoms with E-state index in [1.807, 2.05) is 17.5 Å². The minimum Gasteiger partial charge on any atom is -0.398 e. The Morgan fingerprint density at radius 1 is 1.38 bits per heavy atom. The topological polar surface area (TPSA) is 51.8 Å². The van der Waals surface area contributed by atoms with Crippen molar-refractivity contribution in [1.82, 2.24) is 9.36 Å². The highest BCUT2D eigenvalue weighted by Gasteiger charge is 2.01. The molecule has 0 amide bonds. The van der Waals surface area contributed by atoms with Crippen molar-refractivity contribution in [2.75, 3.05) is 5.73 Å². The lowest BCUT2D eigenvalue weighted by Gasteiger charge is -2.00. The first kappa shape index (κ1) is 8.19. The van der Waals surface area contributed by atoms with Crippen molar-refractivity contribution in [2.45, 2.75) is 6.42 Å². The van der Waals surface area contributed by atoms with Crippen LogP contribution in [0.3, 0.4) is 0 Å².